The Balaban J connectivity index is 0.00000161. The van der Waals surface area contributed by atoms with E-state index in [1.54, 1.807) is 19.2 Å². The maximum atomic E-state index is 12.6. The first-order chi connectivity index (χ1) is 9.63. The molecule has 1 spiro atoms. The number of hydrogen-bond acceptors (Lipinski definition) is 4. The zero-order chi connectivity index (χ0) is 14.2. The number of phenols is 1. The summed E-state index contributed by atoms with van der Waals surface area (Å²) in [6.45, 7) is 3.56. The van der Waals surface area contributed by atoms with Crippen molar-refractivity contribution in [3.8, 4) is 11.5 Å². The summed E-state index contributed by atoms with van der Waals surface area (Å²) in [6, 6.07) is 4.77. The zero-order valence-corrected chi connectivity index (χ0v) is 12.9. The lowest BCUT2D eigenvalue weighted by molar-refractivity contribution is 0.0772. The molecule has 1 aromatic carbocycles. The summed E-state index contributed by atoms with van der Waals surface area (Å²) in [5.74, 6) is 0.495. The van der Waals surface area contributed by atoms with Crippen LogP contribution in [0, 0.1) is 5.41 Å². The Morgan fingerprint density at radius 1 is 1.43 bits per heavy atom. The van der Waals surface area contributed by atoms with E-state index in [2.05, 4.69) is 5.32 Å². The Kier molecular flexibility index (Phi) is 4.64. The summed E-state index contributed by atoms with van der Waals surface area (Å²) >= 11 is 0. The van der Waals surface area contributed by atoms with Gasteiger partial charge in [0.05, 0.1) is 12.7 Å². The molecule has 1 aromatic rings. The van der Waals surface area contributed by atoms with E-state index in [9.17, 15) is 9.90 Å². The van der Waals surface area contributed by atoms with Crippen LogP contribution in [0.4, 0.5) is 0 Å². The van der Waals surface area contributed by atoms with Gasteiger partial charge in [-0.2, -0.15) is 0 Å². The zero-order valence-electron chi connectivity index (χ0n) is 12.1. The van der Waals surface area contributed by atoms with Crippen LogP contribution in [0.25, 0.3) is 0 Å². The predicted octanol–water partition coefficient (Wildman–Crippen LogP) is 1.65. The first kappa shape index (κ1) is 15.9. The van der Waals surface area contributed by atoms with Crippen molar-refractivity contribution in [1.82, 2.24) is 10.2 Å². The quantitative estimate of drug-likeness (QED) is 0.871. The van der Waals surface area contributed by atoms with Crippen molar-refractivity contribution in [3.63, 3.8) is 0 Å². The number of amides is 1. The molecular weight excluding hydrogens is 292 g/mol. The number of benzene rings is 1. The monoisotopic (exact) mass is 312 g/mol. The van der Waals surface area contributed by atoms with Crippen molar-refractivity contribution >= 4 is 18.3 Å². The van der Waals surface area contributed by atoms with Gasteiger partial charge in [0.15, 0.2) is 0 Å². The number of hydrogen-bond donors (Lipinski definition) is 2. The SMILES string of the molecule is COc1ccc(O)c(C(=O)N2CCC3(CCNC3)C2)c1.Cl. The molecule has 0 bridgehead atoms. The van der Waals surface area contributed by atoms with Gasteiger partial charge in [-0.15, -0.1) is 12.4 Å². The molecule has 2 aliphatic rings. The molecule has 0 aliphatic carbocycles. The predicted molar refractivity (Wildman–Crippen MR) is 82.3 cm³/mol. The van der Waals surface area contributed by atoms with E-state index in [0.29, 0.717) is 11.3 Å². The molecule has 0 saturated carbocycles. The smallest absolute Gasteiger partial charge is 0.257 e. The van der Waals surface area contributed by atoms with Gasteiger partial charge in [0, 0.05) is 25.0 Å². The first-order valence-electron chi connectivity index (χ1n) is 7.01. The first-order valence-corrected chi connectivity index (χ1v) is 7.01. The second-order valence-corrected chi connectivity index (χ2v) is 5.79. The molecule has 21 heavy (non-hydrogen) atoms. The number of carbonyl (C=O) groups excluding carboxylic acids is 1. The fourth-order valence-corrected chi connectivity index (χ4v) is 3.24. The number of aromatic hydroxyl groups is 1. The van der Waals surface area contributed by atoms with Gasteiger partial charge in [-0.1, -0.05) is 0 Å². The minimum absolute atomic E-state index is 0. The van der Waals surface area contributed by atoms with Crippen molar-refractivity contribution in [1.29, 1.82) is 0 Å². The summed E-state index contributed by atoms with van der Waals surface area (Å²) in [5.41, 5.74) is 0.566. The molecule has 116 valence electrons. The number of halogens is 1. The van der Waals surface area contributed by atoms with E-state index in [4.69, 9.17) is 4.74 Å². The van der Waals surface area contributed by atoms with Gasteiger partial charge in [-0.25, -0.2) is 0 Å². The average molecular weight is 313 g/mol. The summed E-state index contributed by atoms with van der Waals surface area (Å²) < 4.78 is 5.12. The second-order valence-electron chi connectivity index (χ2n) is 5.79. The van der Waals surface area contributed by atoms with Crippen LogP contribution in [0.1, 0.15) is 23.2 Å². The number of carbonyl (C=O) groups is 1. The highest BCUT2D eigenvalue weighted by molar-refractivity contribution is 5.97. The van der Waals surface area contributed by atoms with E-state index in [0.717, 1.165) is 39.0 Å². The van der Waals surface area contributed by atoms with Gasteiger partial charge in [0.2, 0.25) is 0 Å². The molecule has 1 unspecified atom stereocenters. The Morgan fingerprint density at radius 3 is 2.90 bits per heavy atom. The molecule has 6 heteroatoms. The molecule has 0 radical (unpaired) electrons. The lowest BCUT2D eigenvalue weighted by Gasteiger charge is -2.23. The molecule has 2 N–H and O–H groups in total. The van der Waals surface area contributed by atoms with Crippen LogP contribution in [0.15, 0.2) is 18.2 Å². The second kappa shape index (κ2) is 6.12. The molecule has 1 atom stereocenters. The molecule has 0 aromatic heterocycles. The van der Waals surface area contributed by atoms with Crippen LogP contribution in [-0.2, 0) is 0 Å². The van der Waals surface area contributed by atoms with Gasteiger partial charge >= 0.3 is 0 Å². The van der Waals surface area contributed by atoms with Crippen molar-refractivity contribution in [3.05, 3.63) is 23.8 Å². The van der Waals surface area contributed by atoms with Crippen LogP contribution in [0.5, 0.6) is 11.5 Å². The molecule has 3 rings (SSSR count). The van der Waals surface area contributed by atoms with E-state index >= 15 is 0 Å². The molecule has 2 saturated heterocycles. The van der Waals surface area contributed by atoms with Crippen LogP contribution < -0.4 is 10.1 Å². The molecule has 2 fully saturated rings. The summed E-state index contributed by atoms with van der Waals surface area (Å²) in [4.78, 5) is 14.4. The lowest BCUT2D eigenvalue weighted by atomic mass is 9.86. The van der Waals surface area contributed by atoms with Crippen LogP contribution in [0.3, 0.4) is 0 Å². The third kappa shape index (κ3) is 2.94. The van der Waals surface area contributed by atoms with Crippen LogP contribution in [0.2, 0.25) is 0 Å². The Labute approximate surface area is 130 Å². The number of nitrogens with one attached hydrogen (secondary N) is 1. The highest BCUT2D eigenvalue weighted by Gasteiger charge is 2.42. The van der Waals surface area contributed by atoms with E-state index in [1.165, 1.54) is 6.07 Å². The van der Waals surface area contributed by atoms with Crippen molar-refractivity contribution in [2.75, 3.05) is 33.3 Å². The van der Waals surface area contributed by atoms with E-state index < -0.39 is 0 Å². The number of ether oxygens (including phenoxy) is 1. The average Bonchev–Trinajstić information content (AvgIpc) is 3.09. The highest BCUT2D eigenvalue weighted by Crippen LogP contribution is 2.37. The normalized spacial score (nSPS) is 24.1. The topological polar surface area (TPSA) is 61.8 Å². The van der Waals surface area contributed by atoms with Crippen LogP contribution in [-0.4, -0.2) is 49.2 Å². The van der Waals surface area contributed by atoms with Gasteiger partial charge in [0.1, 0.15) is 11.5 Å². The fraction of sp³-hybridized carbons (Fsp3) is 0.533. The number of phenolic OH excluding ortho intramolecular Hbond substituents is 1. The standard InChI is InChI=1S/C15H20N2O3.ClH/c1-20-11-2-3-13(18)12(8-11)14(19)17-7-5-15(10-17)4-6-16-9-15;/h2-3,8,16,18H,4-7,9-10H2,1H3;1H. The number of rotatable bonds is 2. The van der Waals surface area contributed by atoms with Gasteiger partial charge in [0.25, 0.3) is 5.91 Å². The third-order valence-electron chi connectivity index (χ3n) is 4.49. The lowest BCUT2D eigenvalue weighted by Crippen LogP contribution is -2.33. The maximum Gasteiger partial charge on any atom is 0.257 e. The summed E-state index contributed by atoms with van der Waals surface area (Å²) in [7, 11) is 1.55. The summed E-state index contributed by atoms with van der Waals surface area (Å²) in [6.07, 6.45) is 2.16. The number of nitrogens with zero attached hydrogens (tertiary/aromatic N) is 1. The number of likely N-dealkylation sites (tertiary alicyclic amines) is 1. The number of methoxy groups -OCH3 is 1. The molecule has 1 amide bonds. The Morgan fingerprint density at radius 2 is 2.24 bits per heavy atom. The van der Waals surface area contributed by atoms with Gasteiger partial charge < -0.3 is 20.1 Å². The van der Waals surface area contributed by atoms with E-state index in [1.807, 2.05) is 4.90 Å². The van der Waals surface area contributed by atoms with Gasteiger partial charge in [-0.3, -0.25) is 4.79 Å². The Hall–Kier alpha value is -1.46. The van der Waals surface area contributed by atoms with Crippen LogP contribution >= 0.6 is 12.4 Å². The van der Waals surface area contributed by atoms with Crippen molar-refractivity contribution in [2.24, 2.45) is 5.41 Å². The third-order valence-corrected chi connectivity index (χ3v) is 4.49. The molecule has 5 nitrogen and oxygen atoms in total. The Bertz CT molecular complexity index is 530. The minimum atomic E-state index is -0.106. The highest BCUT2D eigenvalue weighted by atomic mass is 35.5. The summed E-state index contributed by atoms with van der Waals surface area (Å²) in [5, 5.41) is 13.3. The van der Waals surface area contributed by atoms with Gasteiger partial charge in [-0.05, 0) is 37.6 Å². The molecular formula is C15H21ClN2O3. The fourth-order valence-electron chi connectivity index (χ4n) is 3.24. The van der Waals surface area contributed by atoms with E-state index in [-0.39, 0.29) is 29.5 Å². The van der Waals surface area contributed by atoms with Crippen molar-refractivity contribution in [2.45, 2.75) is 12.8 Å². The maximum absolute atomic E-state index is 12.6. The van der Waals surface area contributed by atoms with Crippen molar-refractivity contribution < 1.29 is 14.6 Å². The minimum Gasteiger partial charge on any atom is -0.507 e. The molecule has 2 aliphatic heterocycles. The largest absolute Gasteiger partial charge is 0.507 e. The molecule has 2 heterocycles.